The van der Waals surface area contributed by atoms with Gasteiger partial charge in [0.15, 0.2) is 0 Å². The molecule has 0 aliphatic heterocycles. The first kappa shape index (κ1) is 17.5. The van der Waals surface area contributed by atoms with E-state index in [2.05, 4.69) is 11.9 Å². The van der Waals surface area contributed by atoms with Crippen LogP contribution in [0.2, 0.25) is 0 Å². The van der Waals surface area contributed by atoms with Gasteiger partial charge in [-0.15, -0.1) is 0 Å². The number of nitrogens with zero attached hydrogens (tertiary/aromatic N) is 1. The quantitative estimate of drug-likeness (QED) is 0.761. The van der Waals surface area contributed by atoms with Crippen LogP contribution < -0.4 is 0 Å². The first-order chi connectivity index (χ1) is 11.1. The monoisotopic (exact) mass is 318 g/mol. The summed E-state index contributed by atoms with van der Waals surface area (Å²) in [5.74, 6) is 0.0401. The number of H-pyrrole nitrogens is 1. The molecule has 5 nitrogen and oxygen atoms in total. The summed E-state index contributed by atoms with van der Waals surface area (Å²) in [6, 6.07) is 5.84. The number of hydrogen-bond acceptors (Lipinski definition) is 3. The lowest BCUT2D eigenvalue weighted by atomic mass is 10.1. The molecule has 0 bridgehead atoms. The number of aryl methyl sites for hydroxylation is 2. The third-order valence-electron chi connectivity index (χ3n) is 4.18. The summed E-state index contributed by atoms with van der Waals surface area (Å²) in [6.45, 7) is 6.55. The molecule has 1 heterocycles. The summed E-state index contributed by atoms with van der Waals surface area (Å²) >= 11 is 0. The average molecular weight is 318 g/mol. The van der Waals surface area contributed by atoms with Crippen LogP contribution in [0.4, 0.5) is 0 Å². The molecule has 0 spiro atoms. The predicted molar refractivity (Wildman–Crippen MR) is 92.0 cm³/mol. The normalized spacial score (nSPS) is 11.1. The molecule has 0 aliphatic rings. The fraction of sp³-hybridized carbons (Fsp3) is 0.500. The Hall–Kier alpha value is -1.85. The van der Waals surface area contributed by atoms with Crippen molar-refractivity contribution >= 4 is 16.8 Å². The van der Waals surface area contributed by atoms with Gasteiger partial charge in [-0.1, -0.05) is 0 Å². The Bertz CT molecular complexity index is 664. The van der Waals surface area contributed by atoms with Gasteiger partial charge in [0.1, 0.15) is 0 Å². The summed E-state index contributed by atoms with van der Waals surface area (Å²) in [6.07, 6.45) is 0.816. The van der Waals surface area contributed by atoms with E-state index >= 15 is 0 Å². The van der Waals surface area contributed by atoms with E-state index in [-0.39, 0.29) is 5.91 Å². The molecule has 0 atom stereocenters. The number of rotatable bonds is 8. The van der Waals surface area contributed by atoms with Crippen LogP contribution in [0.5, 0.6) is 0 Å². The smallest absolute Gasteiger partial charge is 0.253 e. The number of aromatic nitrogens is 1. The second kappa shape index (κ2) is 8.13. The minimum Gasteiger partial charge on any atom is -0.385 e. The van der Waals surface area contributed by atoms with Gasteiger partial charge < -0.3 is 19.4 Å². The van der Waals surface area contributed by atoms with Gasteiger partial charge in [0.2, 0.25) is 0 Å². The topological polar surface area (TPSA) is 54.6 Å². The van der Waals surface area contributed by atoms with Gasteiger partial charge in [-0.2, -0.15) is 0 Å². The molecular weight excluding hydrogens is 292 g/mol. The van der Waals surface area contributed by atoms with Crippen LogP contribution in [0.15, 0.2) is 18.2 Å². The van der Waals surface area contributed by atoms with E-state index in [4.69, 9.17) is 9.47 Å². The third-order valence-corrected chi connectivity index (χ3v) is 4.18. The number of carbonyl (C=O) groups is 1. The largest absolute Gasteiger partial charge is 0.385 e. The summed E-state index contributed by atoms with van der Waals surface area (Å²) in [4.78, 5) is 18.0. The van der Waals surface area contributed by atoms with Crippen LogP contribution in [0.1, 0.15) is 28.0 Å². The lowest BCUT2D eigenvalue weighted by Crippen LogP contribution is -2.35. The lowest BCUT2D eigenvalue weighted by Gasteiger charge is -2.22. The Morgan fingerprint density at radius 3 is 2.57 bits per heavy atom. The van der Waals surface area contributed by atoms with Crippen LogP contribution in [-0.2, 0) is 9.47 Å². The summed E-state index contributed by atoms with van der Waals surface area (Å²) < 4.78 is 10.2. The van der Waals surface area contributed by atoms with Crippen molar-refractivity contribution in [3.63, 3.8) is 0 Å². The number of methoxy groups -OCH3 is 2. The van der Waals surface area contributed by atoms with Crippen molar-refractivity contribution in [3.05, 3.63) is 35.0 Å². The number of nitrogens with one attached hydrogen (secondary N) is 1. The van der Waals surface area contributed by atoms with Crippen LogP contribution in [0.25, 0.3) is 10.9 Å². The summed E-state index contributed by atoms with van der Waals surface area (Å²) in [5, 5.41) is 1.11. The van der Waals surface area contributed by atoms with Crippen LogP contribution in [-0.4, -0.2) is 56.3 Å². The molecule has 0 unspecified atom stereocenters. The van der Waals surface area contributed by atoms with Gasteiger partial charge >= 0.3 is 0 Å². The van der Waals surface area contributed by atoms with Crippen LogP contribution in [0, 0.1) is 13.8 Å². The van der Waals surface area contributed by atoms with Crippen molar-refractivity contribution in [2.75, 3.05) is 40.5 Å². The van der Waals surface area contributed by atoms with Crippen molar-refractivity contribution in [2.24, 2.45) is 0 Å². The van der Waals surface area contributed by atoms with E-state index in [1.807, 2.05) is 30.0 Å². The van der Waals surface area contributed by atoms with Gasteiger partial charge in [0.05, 0.1) is 6.61 Å². The molecule has 1 N–H and O–H groups in total. The Labute approximate surface area is 137 Å². The highest BCUT2D eigenvalue weighted by atomic mass is 16.5. The van der Waals surface area contributed by atoms with E-state index in [9.17, 15) is 4.79 Å². The predicted octanol–water partition coefficient (Wildman–Crippen LogP) is 2.91. The van der Waals surface area contributed by atoms with Gasteiger partial charge in [0, 0.05) is 56.1 Å². The minimum absolute atomic E-state index is 0.0401. The molecule has 1 aromatic carbocycles. The molecule has 0 saturated carbocycles. The Kier molecular flexibility index (Phi) is 6.19. The van der Waals surface area contributed by atoms with Crippen molar-refractivity contribution < 1.29 is 14.3 Å². The standard InChI is InChI=1S/C18H26N2O3/c1-13-14(2)19-17-7-6-15(12-16(13)17)18(21)20(9-11-23-4)8-5-10-22-3/h6-7,12,19H,5,8-11H2,1-4H3. The Morgan fingerprint density at radius 2 is 1.87 bits per heavy atom. The number of amides is 1. The Morgan fingerprint density at radius 1 is 1.13 bits per heavy atom. The van der Waals surface area contributed by atoms with Crippen molar-refractivity contribution in [2.45, 2.75) is 20.3 Å². The molecule has 5 heteroatoms. The molecule has 2 aromatic rings. The molecule has 0 saturated heterocycles. The highest BCUT2D eigenvalue weighted by Crippen LogP contribution is 2.23. The number of ether oxygens (including phenoxy) is 2. The van der Waals surface area contributed by atoms with Gasteiger partial charge in [-0.3, -0.25) is 4.79 Å². The molecule has 1 amide bonds. The molecule has 1 aromatic heterocycles. The molecule has 126 valence electrons. The second-order valence-corrected chi connectivity index (χ2v) is 5.77. The van der Waals surface area contributed by atoms with Crippen molar-refractivity contribution in [1.29, 1.82) is 0 Å². The fourth-order valence-corrected chi connectivity index (χ4v) is 2.69. The molecular formula is C18H26N2O3. The molecule has 23 heavy (non-hydrogen) atoms. The van der Waals surface area contributed by atoms with E-state index in [1.165, 1.54) is 5.56 Å². The van der Waals surface area contributed by atoms with Gasteiger partial charge in [-0.25, -0.2) is 0 Å². The van der Waals surface area contributed by atoms with E-state index in [0.29, 0.717) is 31.9 Å². The molecule has 0 aliphatic carbocycles. The minimum atomic E-state index is 0.0401. The average Bonchev–Trinajstić information content (AvgIpc) is 2.84. The van der Waals surface area contributed by atoms with Crippen molar-refractivity contribution in [3.8, 4) is 0 Å². The lowest BCUT2D eigenvalue weighted by molar-refractivity contribution is 0.0674. The highest BCUT2D eigenvalue weighted by Gasteiger charge is 2.16. The molecule has 0 fully saturated rings. The number of benzene rings is 1. The Balaban J connectivity index is 2.21. The summed E-state index contributed by atoms with van der Waals surface area (Å²) in [5.41, 5.74) is 4.12. The second-order valence-electron chi connectivity index (χ2n) is 5.77. The first-order valence-electron chi connectivity index (χ1n) is 7.94. The SMILES string of the molecule is COCCCN(CCOC)C(=O)c1ccc2[nH]c(C)c(C)c2c1. The number of carbonyl (C=O) groups excluding carboxylic acids is 1. The van der Waals surface area contributed by atoms with Gasteiger partial charge in [0.25, 0.3) is 5.91 Å². The zero-order valence-corrected chi connectivity index (χ0v) is 14.4. The zero-order chi connectivity index (χ0) is 16.8. The molecule has 2 rings (SSSR count). The fourth-order valence-electron chi connectivity index (χ4n) is 2.69. The number of hydrogen-bond donors (Lipinski definition) is 1. The summed E-state index contributed by atoms with van der Waals surface area (Å²) in [7, 11) is 3.32. The van der Waals surface area contributed by atoms with E-state index in [0.717, 1.165) is 23.0 Å². The first-order valence-corrected chi connectivity index (χ1v) is 7.94. The molecule has 0 radical (unpaired) electrons. The number of aromatic amines is 1. The highest BCUT2D eigenvalue weighted by molar-refractivity contribution is 5.99. The van der Waals surface area contributed by atoms with E-state index < -0.39 is 0 Å². The van der Waals surface area contributed by atoms with E-state index in [1.54, 1.807) is 14.2 Å². The maximum absolute atomic E-state index is 12.8. The zero-order valence-electron chi connectivity index (χ0n) is 14.4. The maximum Gasteiger partial charge on any atom is 0.253 e. The number of fused-ring (bicyclic) bond motifs is 1. The van der Waals surface area contributed by atoms with Crippen LogP contribution >= 0.6 is 0 Å². The third kappa shape index (κ3) is 4.12. The maximum atomic E-state index is 12.8. The van der Waals surface area contributed by atoms with Crippen molar-refractivity contribution in [1.82, 2.24) is 9.88 Å². The van der Waals surface area contributed by atoms with Gasteiger partial charge in [-0.05, 0) is 44.0 Å². The van der Waals surface area contributed by atoms with Crippen LogP contribution in [0.3, 0.4) is 0 Å².